The Morgan fingerprint density at radius 2 is 0.692 bits per heavy atom. The lowest BCUT2D eigenvalue weighted by molar-refractivity contribution is 0.661. The Morgan fingerprint density at radius 3 is 1.31 bits per heavy atom. The Hall–Kier alpha value is -9.76. The van der Waals surface area contributed by atoms with Gasteiger partial charge in [-0.3, -0.25) is 0 Å². The molecule has 0 saturated carbocycles. The maximum absolute atomic E-state index is 2.49. The van der Waals surface area contributed by atoms with E-state index in [1.54, 1.807) is 0 Å². The van der Waals surface area contributed by atoms with Crippen LogP contribution in [0.1, 0.15) is 47.2 Å². The molecule has 0 bridgehead atoms. The molecule has 0 N–H and O–H groups in total. The van der Waals surface area contributed by atoms with Crippen LogP contribution in [0.2, 0.25) is 0 Å². The van der Waals surface area contributed by atoms with Gasteiger partial charge in [0.1, 0.15) is 0 Å². The van der Waals surface area contributed by atoms with E-state index in [4.69, 9.17) is 0 Å². The Morgan fingerprint density at radius 1 is 0.269 bits per heavy atom. The van der Waals surface area contributed by atoms with Gasteiger partial charge in [0.05, 0.1) is 16.4 Å². The van der Waals surface area contributed by atoms with Crippen molar-refractivity contribution in [3.05, 3.63) is 312 Å². The normalized spacial score (nSPS) is 13.7. The van der Waals surface area contributed by atoms with Crippen molar-refractivity contribution in [3.63, 3.8) is 0 Å². The molecule has 0 atom stereocenters. The summed E-state index contributed by atoms with van der Waals surface area (Å²) in [4.78, 5) is 2.43. The summed E-state index contributed by atoms with van der Waals surface area (Å²) in [6.07, 6.45) is 0. The summed E-state index contributed by atoms with van der Waals surface area (Å²) >= 11 is 0. The smallest absolute Gasteiger partial charge is 0.0725 e. The van der Waals surface area contributed by atoms with Gasteiger partial charge in [-0.2, -0.15) is 0 Å². The highest BCUT2D eigenvalue weighted by molar-refractivity contribution is 6.13. The highest BCUT2D eigenvalue weighted by Gasteiger charge is 2.51. The van der Waals surface area contributed by atoms with Crippen molar-refractivity contribution in [1.29, 1.82) is 0 Å². The van der Waals surface area contributed by atoms with Crippen LogP contribution < -0.4 is 4.90 Å². The molecule has 12 aromatic carbocycles. The second kappa shape index (κ2) is 16.9. The van der Waals surface area contributed by atoms with E-state index >= 15 is 0 Å². The summed E-state index contributed by atoms with van der Waals surface area (Å²) in [5, 5.41) is 2.50. The van der Waals surface area contributed by atoms with E-state index in [0.717, 1.165) is 22.7 Å². The van der Waals surface area contributed by atoms with Gasteiger partial charge in [-0.1, -0.05) is 220 Å². The molecule has 1 aromatic heterocycles. The lowest BCUT2D eigenvalue weighted by atomic mass is 9.70. The summed E-state index contributed by atoms with van der Waals surface area (Å²) in [5.74, 6) is 0. The third-order valence-electron chi connectivity index (χ3n) is 17.6. The maximum atomic E-state index is 2.49. The molecule has 0 amide bonds. The number of nitrogens with zero attached hydrogens (tertiary/aromatic N) is 2. The van der Waals surface area contributed by atoms with Gasteiger partial charge in [-0.05, 0) is 173 Å². The monoisotopic (exact) mass is 992 g/mol. The minimum atomic E-state index is -0.401. The summed E-state index contributed by atoms with van der Waals surface area (Å²) < 4.78 is 2.49. The van der Waals surface area contributed by atoms with Crippen LogP contribution in [0.4, 0.5) is 17.1 Å². The summed E-state index contributed by atoms with van der Waals surface area (Å²) in [5.41, 5.74) is 29.5. The average Bonchev–Trinajstić information content (AvgIpc) is 3.57. The van der Waals surface area contributed by atoms with E-state index in [1.807, 2.05) is 0 Å². The van der Waals surface area contributed by atoms with E-state index in [-0.39, 0.29) is 5.41 Å². The van der Waals surface area contributed by atoms with Crippen LogP contribution in [0.25, 0.3) is 94.3 Å². The Labute approximate surface area is 455 Å². The van der Waals surface area contributed by atoms with Crippen LogP contribution in [0.5, 0.6) is 0 Å². The fourth-order valence-electron chi connectivity index (χ4n) is 14.0. The van der Waals surface area contributed by atoms with Crippen LogP contribution >= 0.6 is 0 Å². The van der Waals surface area contributed by atoms with Gasteiger partial charge in [0, 0.05) is 38.9 Å². The second-order valence-corrected chi connectivity index (χ2v) is 22.0. The van der Waals surface area contributed by atoms with Crippen molar-refractivity contribution in [3.8, 4) is 72.4 Å². The van der Waals surface area contributed by atoms with Crippen molar-refractivity contribution in [2.45, 2.75) is 24.7 Å². The third-order valence-corrected chi connectivity index (χ3v) is 17.6. The number of anilines is 3. The molecule has 3 aliphatic rings. The summed E-state index contributed by atoms with van der Waals surface area (Å²) in [7, 11) is 0. The van der Waals surface area contributed by atoms with E-state index in [2.05, 4.69) is 302 Å². The van der Waals surface area contributed by atoms with Crippen molar-refractivity contribution in [2.75, 3.05) is 4.90 Å². The Bertz CT molecular complexity index is 4510. The van der Waals surface area contributed by atoms with Crippen molar-refractivity contribution >= 4 is 38.9 Å². The zero-order valence-corrected chi connectivity index (χ0v) is 43.5. The standard InChI is InChI=1S/C76H52N2/c1-75(2)67-28-13-9-26-61(67)64-47-66-65-45-54(36-43-73(65)78(74(66)48-72(64)75)57-23-17-22-53(44-57)50-20-7-4-8-21-50)52-34-39-56(40-35-52)77(55-37-32-51(33-38-55)49-18-5-3-6-19-49)58-41-42-71-63(46-58)62-27-12-16-31-70(62)76(71)68-29-14-10-24-59(68)60-25-11-15-30-69(60)76/h3-48H,1-2H3. The molecular weight excluding hydrogens is 941 g/mol. The predicted octanol–water partition coefficient (Wildman–Crippen LogP) is 19.9. The van der Waals surface area contributed by atoms with E-state index < -0.39 is 5.41 Å². The average molecular weight is 993 g/mol. The van der Waals surface area contributed by atoms with Gasteiger partial charge >= 0.3 is 0 Å². The molecule has 13 aromatic rings. The van der Waals surface area contributed by atoms with E-state index in [1.165, 1.54) is 122 Å². The second-order valence-electron chi connectivity index (χ2n) is 22.0. The van der Waals surface area contributed by atoms with Crippen molar-refractivity contribution in [2.24, 2.45) is 0 Å². The third kappa shape index (κ3) is 6.38. The molecule has 1 spiro atoms. The fraction of sp³-hybridized carbons (Fsp3) is 0.0526. The quantitative estimate of drug-likeness (QED) is 0.154. The first-order valence-corrected chi connectivity index (χ1v) is 27.3. The topological polar surface area (TPSA) is 8.17 Å². The first kappa shape index (κ1) is 44.5. The molecule has 0 aliphatic heterocycles. The van der Waals surface area contributed by atoms with E-state index in [9.17, 15) is 0 Å². The number of benzene rings is 12. The molecule has 0 fully saturated rings. The Kier molecular flexibility index (Phi) is 9.63. The zero-order valence-electron chi connectivity index (χ0n) is 43.5. The molecule has 1 heterocycles. The predicted molar refractivity (Wildman–Crippen MR) is 326 cm³/mol. The van der Waals surface area contributed by atoms with Crippen LogP contribution in [0, 0.1) is 0 Å². The molecule has 16 rings (SSSR count). The molecular formula is C76H52N2. The summed E-state index contributed by atoms with van der Waals surface area (Å²) in [6.45, 7) is 4.75. The molecule has 366 valence electrons. The highest BCUT2D eigenvalue weighted by atomic mass is 15.1. The number of fused-ring (bicyclic) bond motifs is 16. The molecule has 2 heteroatoms. The number of hydrogen-bond acceptors (Lipinski definition) is 1. The zero-order chi connectivity index (χ0) is 51.7. The minimum Gasteiger partial charge on any atom is -0.310 e. The molecule has 3 aliphatic carbocycles. The largest absolute Gasteiger partial charge is 0.310 e. The molecule has 0 unspecified atom stereocenters. The van der Waals surface area contributed by atoms with E-state index in [0.29, 0.717) is 0 Å². The first-order valence-electron chi connectivity index (χ1n) is 27.3. The molecule has 0 radical (unpaired) electrons. The van der Waals surface area contributed by atoms with Gasteiger partial charge in [-0.25, -0.2) is 0 Å². The van der Waals surface area contributed by atoms with Gasteiger partial charge in [0.25, 0.3) is 0 Å². The van der Waals surface area contributed by atoms with Crippen LogP contribution in [0.15, 0.2) is 279 Å². The molecule has 2 nitrogen and oxygen atoms in total. The fourth-order valence-corrected chi connectivity index (χ4v) is 14.0. The lowest BCUT2D eigenvalue weighted by Crippen LogP contribution is -2.25. The van der Waals surface area contributed by atoms with Crippen LogP contribution in [0.3, 0.4) is 0 Å². The Balaban J connectivity index is 0.844. The highest BCUT2D eigenvalue weighted by Crippen LogP contribution is 2.63. The molecule has 78 heavy (non-hydrogen) atoms. The minimum absolute atomic E-state index is 0.126. The van der Waals surface area contributed by atoms with Crippen molar-refractivity contribution < 1.29 is 0 Å². The van der Waals surface area contributed by atoms with Gasteiger partial charge in [-0.15, -0.1) is 0 Å². The van der Waals surface area contributed by atoms with Gasteiger partial charge in [0.2, 0.25) is 0 Å². The molecule has 0 saturated heterocycles. The number of hydrogen-bond donors (Lipinski definition) is 0. The van der Waals surface area contributed by atoms with Gasteiger partial charge in [0.15, 0.2) is 0 Å². The maximum Gasteiger partial charge on any atom is 0.0725 e. The lowest BCUT2D eigenvalue weighted by Gasteiger charge is -2.31. The van der Waals surface area contributed by atoms with Crippen LogP contribution in [-0.4, -0.2) is 4.57 Å². The van der Waals surface area contributed by atoms with Crippen molar-refractivity contribution in [1.82, 2.24) is 4.57 Å². The van der Waals surface area contributed by atoms with Gasteiger partial charge < -0.3 is 9.47 Å². The number of aromatic nitrogens is 1. The van der Waals surface area contributed by atoms with Crippen LogP contribution in [-0.2, 0) is 10.8 Å². The summed E-state index contributed by atoms with van der Waals surface area (Å²) in [6, 6.07) is 104. The number of rotatable bonds is 7. The first-order chi connectivity index (χ1) is 38.4. The SMILES string of the molecule is CC1(C)c2ccccc2-c2cc3c4cc(-c5ccc(N(c6ccc(-c7ccccc7)cc6)c6ccc7c(c6)-c6ccccc6C76c7ccccc7-c7ccccc76)cc5)ccc4n(-c4cccc(-c5ccccc5)c4)c3cc21.